The van der Waals surface area contributed by atoms with Crippen molar-refractivity contribution in [1.29, 1.82) is 5.26 Å². The predicted molar refractivity (Wildman–Crippen MR) is 119 cm³/mol. The summed E-state index contributed by atoms with van der Waals surface area (Å²) in [7, 11) is 0. The maximum Gasteiger partial charge on any atom is 0.227 e. The molecule has 3 aromatic rings. The highest BCUT2D eigenvalue weighted by molar-refractivity contribution is 5.74. The minimum absolute atomic E-state index is 0.359. The number of nitrogens with one attached hydrogen (secondary N) is 1. The zero-order chi connectivity index (χ0) is 21.5. The Kier molecular flexibility index (Phi) is 6.57. The van der Waals surface area contributed by atoms with Crippen LogP contribution in [0.1, 0.15) is 5.56 Å². The number of morpholine rings is 1. The zero-order valence-electron chi connectivity index (χ0n) is 17.1. The summed E-state index contributed by atoms with van der Waals surface area (Å²) in [6, 6.07) is 17.5. The van der Waals surface area contributed by atoms with Gasteiger partial charge in [-0.3, -0.25) is 0 Å². The first-order chi connectivity index (χ1) is 15.3. The van der Waals surface area contributed by atoms with Gasteiger partial charge in [-0.1, -0.05) is 12.1 Å². The molecule has 158 valence electrons. The molecule has 8 nitrogen and oxygen atoms in total. The summed E-state index contributed by atoms with van der Waals surface area (Å²) in [6.45, 7) is 3.86. The van der Waals surface area contributed by atoms with Gasteiger partial charge in [0.1, 0.15) is 18.4 Å². The van der Waals surface area contributed by atoms with E-state index in [-0.39, 0.29) is 0 Å². The number of rotatable bonds is 7. The third kappa shape index (κ3) is 4.91. The van der Waals surface area contributed by atoms with Crippen LogP contribution in [0.2, 0.25) is 0 Å². The standard InChI is InChI=1S/C23H24N6O2/c24-8-12-31-22-6-5-17(15-18(22)16-25)19-7-9-26-23(27-19)28-20-3-1-2-4-21(20)29-10-13-30-14-11-29/h1-7,9,15H,8,10-14,24H2,(H,26,27,28). The Balaban J connectivity index is 1.58. The normalized spacial score (nSPS) is 13.5. The Bertz CT molecular complexity index is 1080. The fourth-order valence-electron chi connectivity index (χ4n) is 3.43. The van der Waals surface area contributed by atoms with Gasteiger partial charge in [-0.25, -0.2) is 9.97 Å². The number of ether oxygens (including phenoxy) is 2. The van der Waals surface area contributed by atoms with E-state index in [0.717, 1.165) is 30.0 Å². The fourth-order valence-corrected chi connectivity index (χ4v) is 3.43. The van der Waals surface area contributed by atoms with Gasteiger partial charge in [0.2, 0.25) is 5.95 Å². The van der Waals surface area contributed by atoms with Crippen molar-refractivity contribution in [3.63, 3.8) is 0 Å². The van der Waals surface area contributed by atoms with E-state index in [9.17, 15) is 5.26 Å². The van der Waals surface area contributed by atoms with Crippen molar-refractivity contribution >= 4 is 17.3 Å². The largest absolute Gasteiger partial charge is 0.491 e. The molecule has 0 aliphatic carbocycles. The number of benzene rings is 2. The van der Waals surface area contributed by atoms with Gasteiger partial charge in [0, 0.05) is 31.4 Å². The van der Waals surface area contributed by atoms with E-state index in [0.29, 0.717) is 49.3 Å². The molecule has 31 heavy (non-hydrogen) atoms. The van der Waals surface area contributed by atoms with Gasteiger partial charge in [-0.2, -0.15) is 5.26 Å². The average Bonchev–Trinajstić information content (AvgIpc) is 2.83. The summed E-state index contributed by atoms with van der Waals surface area (Å²) < 4.78 is 11.0. The van der Waals surface area contributed by atoms with Gasteiger partial charge in [0.25, 0.3) is 0 Å². The Morgan fingerprint density at radius 2 is 2.00 bits per heavy atom. The van der Waals surface area contributed by atoms with Crippen molar-refractivity contribution < 1.29 is 9.47 Å². The summed E-state index contributed by atoms with van der Waals surface area (Å²) in [6.07, 6.45) is 1.70. The first-order valence-electron chi connectivity index (χ1n) is 10.2. The first-order valence-corrected chi connectivity index (χ1v) is 10.2. The van der Waals surface area contributed by atoms with E-state index in [1.807, 2.05) is 30.3 Å². The summed E-state index contributed by atoms with van der Waals surface area (Å²) in [5, 5.41) is 12.8. The van der Waals surface area contributed by atoms with Gasteiger partial charge in [-0.15, -0.1) is 0 Å². The molecule has 2 heterocycles. The second kappa shape index (κ2) is 9.89. The van der Waals surface area contributed by atoms with Crippen molar-refractivity contribution in [3.05, 3.63) is 60.3 Å². The number of anilines is 3. The number of nitriles is 1. The molecule has 0 spiro atoms. The van der Waals surface area contributed by atoms with Gasteiger partial charge in [0.05, 0.1) is 35.8 Å². The number of hydrogen-bond acceptors (Lipinski definition) is 8. The van der Waals surface area contributed by atoms with Crippen LogP contribution in [0.3, 0.4) is 0 Å². The fraction of sp³-hybridized carbons (Fsp3) is 0.261. The van der Waals surface area contributed by atoms with E-state index in [2.05, 4.69) is 32.3 Å². The van der Waals surface area contributed by atoms with Crippen LogP contribution in [-0.2, 0) is 4.74 Å². The highest BCUT2D eigenvalue weighted by atomic mass is 16.5. The minimum atomic E-state index is 0.359. The lowest BCUT2D eigenvalue weighted by Crippen LogP contribution is -2.36. The van der Waals surface area contributed by atoms with Crippen molar-refractivity contribution in [2.75, 3.05) is 49.7 Å². The van der Waals surface area contributed by atoms with Crippen LogP contribution in [0, 0.1) is 11.3 Å². The SMILES string of the molecule is N#Cc1cc(-c2ccnc(Nc3ccccc3N3CCOCC3)n2)ccc1OCCN. The Morgan fingerprint density at radius 1 is 1.16 bits per heavy atom. The van der Waals surface area contributed by atoms with Gasteiger partial charge in [-0.05, 0) is 36.4 Å². The van der Waals surface area contributed by atoms with Crippen LogP contribution < -0.4 is 20.7 Å². The van der Waals surface area contributed by atoms with Crippen molar-refractivity contribution in [1.82, 2.24) is 9.97 Å². The second-order valence-corrected chi connectivity index (χ2v) is 6.97. The van der Waals surface area contributed by atoms with Crippen LogP contribution in [0.15, 0.2) is 54.7 Å². The molecule has 1 aromatic heterocycles. The topological polar surface area (TPSA) is 109 Å². The second-order valence-electron chi connectivity index (χ2n) is 6.97. The maximum absolute atomic E-state index is 9.47. The molecular formula is C23H24N6O2. The Hall–Kier alpha value is -3.67. The molecule has 0 unspecified atom stereocenters. The molecule has 0 radical (unpaired) electrons. The van der Waals surface area contributed by atoms with Crippen molar-refractivity contribution in [2.24, 2.45) is 5.73 Å². The molecule has 8 heteroatoms. The van der Waals surface area contributed by atoms with E-state index < -0.39 is 0 Å². The first kappa shape index (κ1) is 20.6. The van der Waals surface area contributed by atoms with E-state index in [1.54, 1.807) is 18.3 Å². The third-order valence-corrected chi connectivity index (χ3v) is 4.93. The number of nitrogens with two attached hydrogens (primary N) is 1. The molecule has 2 aromatic carbocycles. The molecule has 1 saturated heterocycles. The molecule has 0 atom stereocenters. The van der Waals surface area contributed by atoms with E-state index in [1.165, 1.54) is 0 Å². The highest BCUT2D eigenvalue weighted by Crippen LogP contribution is 2.30. The minimum Gasteiger partial charge on any atom is -0.491 e. The summed E-state index contributed by atoms with van der Waals surface area (Å²) >= 11 is 0. The maximum atomic E-state index is 9.47. The molecule has 0 amide bonds. The summed E-state index contributed by atoms with van der Waals surface area (Å²) in [5.41, 5.74) is 9.47. The number of para-hydroxylation sites is 2. The molecule has 4 rings (SSSR count). The Labute approximate surface area is 181 Å². The van der Waals surface area contributed by atoms with Crippen molar-refractivity contribution in [2.45, 2.75) is 0 Å². The van der Waals surface area contributed by atoms with Crippen LogP contribution in [0.5, 0.6) is 5.75 Å². The average molecular weight is 416 g/mol. The van der Waals surface area contributed by atoms with Gasteiger partial charge in [0.15, 0.2) is 0 Å². The number of hydrogen-bond donors (Lipinski definition) is 2. The summed E-state index contributed by atoms with van der Waals surface area (Å²) in [5.74, 6) is 1.00. The molecule has 0 bridgehead atoms. The quantitative estimate of drug-likeness (QED) is 0.605. The monoisotopic (exact) mass is 416 g/mol. The Morgan fingerprint density at radius 3 is 2.81 bits per heavy atom. The zero-order valence-corrected chi connectivity index (χ0v) is 17.1. The van der Waals surface area contributed by atoms with E-state index >= 15 is 0 Å². The lowest BCUT2D eigenvalue weighted by atomic mass is 10.1. The number of nitrogens with zero attached hydrogens (tertiary/aromatic N) is 4. The van der Waals surface area contributed by atoms with Crippen LogP contribution >= 0.6 is 0 Å². The lowest BCUT2D eigenvalue weighted by molar-refractivity contribution is 0.123. The highest BCUT2D eigenvalue weighted by Gasteiger charge is 2.15. The molecule has 1 aliphatic rings. The van der Waals surface area contributed by atoms with Crippen LogP contribution in [0.25, 0.3) is 11.3 Å². The molecule has 1 aliphatic heterocycles. The smallest absolute Gasteiger partial charge is 0.227 e. The molecular weight excluding hydrogens is 392 g/mol. The van der Waals surface area contributed by atoms with Gasteiger partial charge >= 0.3 is 0 Å². The lowest BCUT2D eigenvalue weighted by Gasteiger charge is -2.30. The molecule has 3 N–H and O–H groups in total. The molecule has 0 saturated carbocycles. The van der Waals surface area contributed by atoms with Gasteiger partial charge < -0.3 is 25.4 Å². The van der Waals surface area contributed by atoms with E-state index in [4.69, 9.17) is 15.2 Å². The van der Waals surface area contributed by atoms with Crippen LogP contribution in [0.4, 0.5) is 17.3 Å². The molecule has 1 fully saturated rings. The third-order valence-electron chi connectivity index (χ3n) is 4.93. The summed E-state index contributed by atoms with van der Waals surface area (Å²) in [4.78, 5) is 11.3. The number of aromatic nitrogens is 2. The van der Waals surface area contributed by atoms with Crippen molar-refractivity contribution in [3.8, 4) is 23.1 Å². The predicted octanol–water partition coefficient (Wildman–Crippen LogP) is 2.93. The van der Waals surface area contributed by atoms with Crippen LogP contribution in [-0.4, -0.2) is 49.4 Å².